The van der Waals surface area contributed by atoms with Crippen LogP contribution in [0.3, 0.4) is 0 Å². The van der Waals surface area contributed by atoms with Crippen molar-refractivity contribution in [2.75, 3.05) is 13.2 Å². The zero-order valence-electron chi connectivity index (χ0n) is 10.0. The van der Waals surface area contributed by atoms with Crippen molar-refractivity contribution in [3.63, 3.8) is 0 Å². The third-order valence-corrected chi connectivity index (χ3v) is 2.80. The first kappa shape index (κ1) is 11.1. The number of hydrogen-bond donors (Lipinski definition) is 0. The number of ether oxygens (including phenoxy) is 1. The molecule has 1 heterocycles. The van der Waals surface area contributed by atoms with Crippen LogP contribution in [0.5, 0.6) is 0 Å². The van der Waals surface area contributed by atoms with E-state index in [9.17, 15) is 0 Å². The fourth-order valence-electron chi connectivity index (χ4n) is 1.98. The number of para-hydroxylation sites is 2. The van der Waals surface area contributed by atoms with E-state index in [0.29, 0.717) is 0 Å². The van der Waals surface area contributed by atoms with E-state index < -0.39 is 0 Å². The lowest BCUT2D eigenvalue weighted by molar-refractivity contribution is -0.674. The lowest BCUT2D eigenvalue weighted by Gasteiger charge is -1.98. The predicted octanol–water partition coefficient (Wildman–Crippen LogP) is 1.99. The number of hydrogen-bond acceptors (Lipinski definition) is 1. The molecule has 1 aromatic heterocycles. The molecular weight excluding hydrogens is 200 g/mol. The minimum atomic E-state index is 0.777. The molecule has 0 spiro atoms. The summed E-state index contributed by atoms with van der Waals surface area (Å²) in [6.45, 7) is 7.68. The molecule has 0 saturated carbocycles. The molecule has 0 radical (unpaired) electrons. The summed E-state index contributed by atoms with van der Waals surface area (Å²) in [5, 5.41) is 0. The van der Waals surface area contributed by atoms with E-state index in [-0.39, 0.29) is 0 Å². The Kier molecular flexibility index (Phi) is 3.57. The molecule has 0 bridgehead atoms. The quantitative estimate of drug-likeness (QED) is 0.555. The predicted molar refractivity (Wildman–Crippen MR) is 64.3 cm³/mol. The molecule has 2 aromatic rings. The highest BCUT2D eigenvalue weighted by atomic mass is 16.5. The second kappa shape index (κ2) is 5.12. The Balaban J connectivity index is 2.30. The maximum absolute atomic E-state index is 5.40. The highest BCUT2D eigenvalue weighted by Gasteiger charge is 2.12. The van der Waals surface area contributed by atoms with Crippen LogP contribution in [-0.4, -0.2) is 17.8 Å². The lowest BCUT2D eigenvalue weighted by atomic mass is 10.3. The Bertz CT molecular complexity index is 462. The Hall–Kier alpha value is -1.35. The zero-order valence-corrected chi connectivity index (χ0v) is 10.0. The van der Waals surface area contributed by atoms with Gasteiger partial charge in [-0.1, -0.05) is 12.1 Å². The van der Waals surface area contributed by atoms with Crippen molar-refractivity contribution in [1.29, 1.82) is 0 Å². The van der Waals surface area contributed by atoms with Gasteiger partial charge in [0.15, 0.2) is 11.0 Å². The first-order valence-electron chi connectivity index (χ1n) is 5.91. The minimum absolute atomic E-state index is 0.777. The van der Waals surface area contributed by atoms with E-state index in [1.807, 2.05) is 6.92 Å². The Morgan fingerprint density at radius 2 is 2.06 bits per heavy atom. The minimum Gasteiger partial charge on any atom is -0.378 e. The highest BCUT2D eigenvalue weighted by molar-refractivity contribution is 5.71. The SMILES string of the molecule is CCOCC[n+]1cn(CC)c2ccccc21. The summed E-state index contributed by atoms with van der Waals surface area (Å²) in [6, 6.07) is 8.49. The molecule has 2 rings (SSSR count). The molecule has 0 aliphatic carbocycles. The molecule has 0 fully saturated rings. The first-order chi connectivity index (χ1) is 7.86. The standard InChI is InChI=1S/C13H19N2O/c1-3-14-11-15(9-10-16-4-2)13-8-6-5-7-12(13)14/h5-8,11H,3-4,9-10H2,1-2H3/q+1. The average molecular weight is 219 g/mol. The molecule has 1 aromatic carbocycles. The molecule has 0 aliphatic rings. The van der Waals surface area contributed by atoms with Gasteiger partial charge in [-0.2, -0.15) is 0 Å². The Labute approximate surface area is 96.3 Å². The number of fused-ring (bicyclic) bond motifs is 1. The summed E-state index contributed by atoms with van der Waals surface area (Å²) < 4.78 is 9.92. The fraction of sp³-hybridized carbons (Fsp3) is 0.462. The van der Waals surface area contributed by atoms with Crippen molar-refractivity contribution in [3.8, 4) is 0 Å². The summed E-state index contributed by atoms with van der Waals surface area (Å²) >= 11 is 0. The molecular formula is C13H19N2O+. The average Bonchev–Trinajstić information content (AvgIpc) is 2.68. The molecule has 0 unspecified atom stereocenters. The molecule has 3 nitrogen and oxygen atoms in total. The van der Waals surface area contributed by atoms with Gasteiger partial charge in [0.1, 0.15) is 6.54 Å². The molecule has 86 valence electrons. The summed E-state index contributed by atoms with van der Waals surface area (Å²) in [4.78, 5) is 0. The van der Waals surface area contributed by atoms with Crippen molar-refractivity contribution in [2.24, 2.45) is 0 Å². The van der Waals surface area contributed by atoms with Gasteiger partial charge in [-0.05, 0) is 26.0 Å². The lowest BCUT2D eigenvalue weighted by Crippen LogP contribution is -2.34. The summed E-state index contributed by atoms with van der Waals surface area (Å²) in [7, 11) is 0. The van der Waals surface area contributed by atoms with Gasteiger partial charge in [0.25, 0.3) is 0 Å². The second-order valence-electron chi connectivity index (χ2n) is 3.78. The van der Waals surface area contributed by atoms with E-state index >= 15 is 0 Å². The van der Waals surface area contributed by atoms with Crippen LogP contribution < -0.4 is 4.57 Å². The van der Waals surface area contributed by atoms with Crippen molar-refractivity contribution in [3.05, 3.63) is 30.6 Å². The summed E-state index contributed by atoms with van der Waals surface area (Å²) in [5.74, 6) is 0. The first-order valence-corrected chi connectivity index (χ1v) is 5.91. The van der Waals surface area contributed by atoms with Crippen LogP contribution in [0.1, 0.15) is 13.8 Å². The van der Waals surface area contributed by atoms with Crippen LogP contribution in [0.4, 0.5) is 0 Å². The normalized spacial score (nSPS) is 11.1. The number of rotatable bonds is 5. The van der Waals surface area contributed by atoms with Gasteiger partial charge >= 0.3 is 0 Å². The van der Waals surface area contributed by atoms with E-state index in [2.05, 4.69) is 46.7 Å². The maximum atomic E-state index is 5.40. The summed E-state index contributed by atoms with van der Waals surface area (Å²) in [6.07, 6.45) is 2.17. The molecule has 0 saturated heterocycles. The Morgan fingerprint density at radius 3 is 2.81 bits per heavy atom. The zero-order chi connectivity index (χ0) is 11.4. The molecule has 0 atom stereocenters. The van der Waals surface area contributed by atoms with Crippen molar-refractivity contribution >= 4 is 11.0 Å². The van der Waals surface area contributed by atoms with Crippen LogP contribution >= 0.6 is 0 Å². The van der Waals surface area contributed by atoms with E-state index in [1.165, 1.54) is 11.0 Å². The number of nitrogens with zero attached hydrogens (tertiary/aromatic N) is 2. The van der Waals surface area contributed by atoms with Gasteiger partial charge < -0.3 is 4.74 Å². The smallest absolute Gasteiger partial charge is 0.244 e. The number of aryl methyl sites for hydroxylation is 1. The summed E-state index contributed by atoms with van der Waals surface area (Å²) in [5.41, 5.74) is 2.57. The van der Waals surface area contributed by atoms with E-state index in [0.717, 1.165) is 26.3 Å². The van der Waals surface area contributed by atoms with Gasteiger partial charge in [0, 0.05) is 6.61 Å². The van der Waals surface area contributed by atoms with Crippen LogP contribution in [-0.2, 0) is 17.8 Å². The monoisotopic (exact) mass is 219 g/mol. The van der Waals surface area contributed by atoms with Gasteiger partial charge in [-0.15, -0.1) is 0 Å². The van der Waals surface area contributed by atoms with Crippen LogP contribution in [0, 0.1) is 0 Å². The van der Waals surface area contributed by atoms with Crippen LogP contribution in [0.25, 0.3) is 11.0 Å². The number of imidazole rings is 1. The van der Waals surface area contributed by atoms with Gasteiger partial charge in [0.2, 0.25) is 6.33 Å². The highest BCUT2D eigenvalue weighted by Crippen LogP contribution is 2.10. The van der Waals surface area contributed by atoms with Gasteiger partial charge in [0.05, 0.1) is 13.2 Å². The van der Waals surface area contributed by atoms with Crippen molar-refractivity contribution < 1.29 is 9.30 Å². The number of benzene rings is 1. The Morgan fingerprint density at radius 1 is 1.25 bits per heavy atom. The van der Waals surface area contributed by atoms with Gasteiger partial charge in [-0.25, -0.2) is 9.13 Å². The maximum Gasteiger partial charge on any atom is 0.244 e. The molecule has 0 aliphatic heterocycles. The topological polar surface area (TPSA) is 18.0 Å². The third-order valence-electron chi connectivity index (χ3n) is 2.80. The van der Waals surface area contributed by atoms with E-state index in [4.69, 9.17) is 4.74 Å². The van der Waals surface area contributed by atoms with Crippen LogP contribution in [0.2, 0.25) is 0 Å². The molecule has 0 amide bonds. The molecule has 0 N–H and O–H groups in total. The number of aromatic nitrogens is 2. The second-order valence-corrected chi connectivity index (χ2v) is 3.78. The van der Waals surface area contributed by atoms with Gasteiger partial charge in [-0.3, -0.25) is 0 Å². The van der Waals surface area contributed by atoms with Crippen molar-refractivity contribution in [2.45, 2.75) is 26.9 Å². The van der Waals surface area contributed by atoms with E-state index in [1.54, 1.807) is 0 Å². The molecule has 3 heteroatoms. The largest absolute Gasteiger partial charge is 0.378 e. The van der Waals surface area contributed by atoms with Crippen molar-refractivity contribution in [1.82, 2.24) is 4.57 Å². The fourth-order valence-corrected chi connectivity index (χ4v) is 1.98. The third kappa shape index (κ3) is 2.09. The van der Waals surface area contributed by atoms with Crippen LogP contribution in [0.15, 0.2) is 30.6 Å². The molecule has 16 heavy (non-hydrogen) atoms.